The van der Waals surface area contributed by atoms with Crippen LogP contribution in [0.4, 0.5) is 4.79 Å². The number of hydrogen-bond donors (Lipinski definition) is 1. The number of benzene rings is 2. The van der Waals surface area contributed by atoms with Crippen molar-refractivity contribution in [2.45, 2.75) is 58.6 Å². The van der Waals surface area contributed by atoms with Crippen LogP contribution < -0.4 is 15.7 Å². The minimum Gasteiger partial charge on any atom is -0.444 e. The average Bonchev–Trinajstić information content (AvgIpc) is 2.74. The molecule has 0 aliphatic rings. The predicted molar refractivity (Wildman–Crippen MR) is 130 cm³/mol. The molecular weight excluding hydrogens is 458 g/mol. The zero-order valence-electron chi connectivity index (χ0n) is 19.6. The van der Waals surface area contributed by atoms with Gasteiger partial charge in [0.05, 0.1) is 5.02 Å². The third-order valence-electron chi connectivity index (χ3n) is 4.87. The second-order valence-electron chi connectivity index (χ2n) is 8.93. The van der Waals surface area contributed by atoms with Crippen molar-refractivity contribution in [2.75, 3.05) is 0 Å². The smallest absolute Gasteiger partial charge is 0.408 e. The van der Waals surface area contributed by atoms with Gasteiger partial charge in [0.2, 0.25) is 0 Å². The van der Waals surface area contributed by atoms with E-state index in [0.717, 1.165) is 17.5 Å². The van der Waals surface area contributed by atoms with E-state index in [-0.39, 0.29) is 22.8 Å². The van der Waals surface area contributed by atoms with Crippen molar-refractivity contribution < 1.29 is 23.5 Å². The van der Waals surface area contributed by atoms with E-state index in [4.69, 9.17) is 25.5 Å². The summed E-state index contributed by atoms with van der Waals surface area (Å²) in [6.07, 6.45) is 0.950. The number of esters is 1. The molecule has 180 valence electrons. The number of alkyl carbamates (subject to hydrolysis) is 1. The molecule has 1 amide bonds. The summed E-state index contributed by atoms with van der Waals surface area (Å²) in [4.78, 5) is 37.5. The molecule has 0 aliphatic carbocycles. The van der Waals surface area contributed by atoms with Gasteiger partial charge in [-0.25, -0.2) is 14.4 Å². The van der Waals surface area contributed by atoms with Gasteiger partial charge in [-0.05, 0) is 44.4 Å². The van der Waals surface area contributed by atoms with Gasteiger partial charge in [-0.1, -0.05) is 55.3 Å². The Kier molecular flexibility index (Phi) is 7.99. The van der Waals surface area contributed by atoms with Crippen LogP contribution >= 0.6 is 11.6 Å². The van der Waals surface area contributed by atoms with Crippen molar-refractivity contribution in [1.82, 2.24) is 5.32 Å². The van der Waals surface area contributed by atoms with Crippen LogP contribution in [0.5, 0.6) is 5.75 Å². The maximum atomic E-state index is 13.1. The molecule has 0 bridgehead atoms. The Bertz CT molecular complexity index is 1230. The van der Waals surface area contributed by atoms with Gasteiger partial charge >= 0.3 is 17.7 Å². The Morgan fingerprint density at radius 1 is 1.12 bits per heavy atom. The number of ether oxygens (including phenoxy) is 2. The molecule has 0 aliphatic heterocycles. The fourth-order valence-corrected chi connectivity index (χ4v) is 3.66. The summed E-state index contributed by atoms with van der Waals surface area (Å²) < 4.78 is 16.2. The van der Waals surface area contributed by atoms with Crippen LogP contribution in [0.25, 0.3) is 11.0 Å². The van der Waals surface area contributed by atoms with Crippen molar-refractivity contribution >= 4 is 34.6 Å². The van der Waals surface area contributed by atoms with Crippen molar-refractivity contribution in [3.8, 4) is 5.75 Å². The van der Waals surface area contributed by atoms with E-state index in [1.54, 1.807) is 26.8 Å². The minimum atomic E-state index is -1.04. The molecule has 3 aromatic rings. The first kappa shape index (κ1) is 25.3. The number of carbonyl (C=O) groups excluding carboxylic acids is 2. The SMILES string of the molecule is CCCc1cc(=O)oc2cc(OC(=O)[C@H](Cc3ccccc3)NC(=O)OC(C)(C)C)c(Cl)cc12. The number of carbonyl (C=O) groups is 2. The van der Waals surface area contributed by atoms with Gasteiger partial charge in [-0.3, -0.25) is 0 Å². The normalized spacial score (nSPS) is 12.3. The van der Waals surface area contributed by atoms with E-state index in [0.29, 0.717) is 11.8 Å². The first-order valence-corrected chi connectivity index (χ1v) is 11.4. The molecular formula is C26H28ClNO6. The van der Waals surface area contributed by atoms with E-state index in [1.165, 1.54) is 12.1 Å². The first-order valence-electron chi connectivity index (χ1n) is 11.1. The molecule has 0 radical (unpaired) electrons. The van der Waals surface area contributed by atoms with Crippen LogP contribution in [0.2, 0.25) is 5.02 Å². The lowest BCUT2D eigenvalue weighted by Crippen LogP contribution is -2.46. The van der Waals surface area contributed by atoms with E-state index in [2.05, 4.69) is 5.32 Å². The summed E-state index contributed by atoms with van der Waals surface area (Å²) >= 11 is 6.41. The molecule has 0 unspecified atom stereocenters. The van der Waals surface area contributed by atoms with Gasteiger partial charge in [0.1, 0.15) is 17.2 Å². The quantitative estimate of drug-likeness (QED) is 0.272. The van der Waals surface area contributed by atoms with E-state index in [9.17, 15) is 14.4 Å². The van der Waals surface area contributed by atoms with Gasteiger partial charge in [0.15, 0.2) is 5.75 Å². The van der Waals surface area contributed by atoms with Crippen molar-refractivity contribution in [3.63, 3.8) is 0 Å². The highest BCUT2D eigenvalue weighted by atomic mass is 35.5. The molecule has 1 heterocycles. The van der Waals surface area contributed by atoms with Crippen LogP contribution in [0.1, 0.15) is 45.2 Å². The maximum Gasteiger partial charge on any atom is 0.408 e. The number of halogens is 1. The highest BCUT2D eigenvalue weighted by Gasteiger charge is 2.27. The molecule has 1 aromatic heterocycles. The van der Waals surface area contributed by atoms with Crippen LogP contribution in [0.3, 0.4) is 0 Å². The number of fused-ring (bicyclic) bond motifs is 1. The molecule has 2 aromatic carbocycles. The number of nitrogens with one attached hydrogen (secondary N) is 1. The predicted octanol–water partition coefficient (Wildman–Crippen LogP) is 5.44. The summed E-state index contributed by atoms with van der Waals surface area (Å²) in [6, 6.07) is 12.6. The number of hydrogen-bond acceptors (Lipinski definition) is 6. The minimum absolute atomic E-state index is 0.0278. The summed E-state index contributed by atoms with van der Waals surface area (Å²) in [6.45, 7) is 7.19. The molecule has 3 rings (SSSR count). The first-order chi connectivity index (χ1) is 16.1. The van der Waals surface area contributed by atoms with Gasteiger partial charge in [0, 0.05) is 23.9 Å². The third-order valence-corrected chi connectivity index (χ3v) is 5.17. The lowest BCUT2D eigenvalue weighted by molar-refractivity contribution is -0.136. The Morgan fingerprint density at radius 3 is 2.47 bits per heavy atom. The number of aryl methyl sites for hydroxylation is 1. The molecule has 0 fully saturated rings. The van der Waals surface area contributed by atoms with Crippen molar-refractivity contribution in [1.29, 1.82) is 0 Å². The second-order valence-corrected chi connectivity index (χ2v) is 9.34. The van der Waals surface area contributed by atoms with Gasteiger partial charge in [-0.15, -0.1) is 0 Å². The van der Waals surface area contributed by atoms with Crippen LogP contribution in [0, 0.1) is 0 Å². The van der Waals surface area contributed by atoms with E-state index >= 15 is 0 Å². The molecule has 1 N–H and O–H groups in total. The zero-order valence-corrected chi connectivity index (χ0v) is 20.4. The zero-order chi connectivity index (χ0) is 24.9. The fraction of sp³-hybridized carbons (Fsp3) is 0.346. The Balaban J connectivity index is 1.89. The Labute approximate surface area is 203 Å². The van der Waals surface area contributed by atoms with Crippen molar-refractivity contribution in [2.24, 2.45) is 0 Å². The lowest BCUT2D eigenvalue weighted by Gasteiger charge is -2.23. The molecule has 7 nitrogen and oxygen atoms in total. The highest BCUT2D eigenvalue weighted by molar-refractivity contribution is 6.33. The van der Waals surface area contributed by atoms with Gasteiger partial charge in [0.25, 0.3) is 0 Å². The maximum absolute atomic E-state index is 13.1. The van der Waals surface area contributed by atoms with E-state index in [1.807, 2.05) is 37.3 Å². The summed E-state index contributed by atoms with van der Waals surface area (Å²) in [5.41, 5.74) is 0.662. The average molecular weight is 486 g/mol. The second kappa shape index (κ2) is 10.7. The molecule has 0 saturated heterocycles. The summed E-state index contributed by atoms with van der Waals surface area (Å²) in [5.74, 6) is -0.706. The Hall–Kier alpha value is -3.32. The highest BCUT2D eigenvalue weighted by Crippen LogP contribution is 2.32. The van der Waals surface area contributed by atoms with Crippen LogP contribution in [-0.4, -0.2) is 23.7 Å². The van der Waals surface area contributed by atoms with E-state index < -0.39 is 29.3 Å². The standard InChI is InChI=1S/C26H28ClNO6/c1-5-9-17-13-23(29)32-21-15-22(19(27)14-18(17)21)33-24(30)20(12-16-10-7-6-8-11-16)28-25(31)34-26(2,3)4/h6-8,10-11,13-15,20H,5,9,12H2,1-4H3,(H,28,31)/t20-/m0/s1. The summed E-state index contributed by atoms with van der Waals surface area (Å²) in [7, 11) is 0. The topological polar surface area (TPSA) is 94.8 Å². The largest absolute Gasteiger partial charge is 0.444 e. The number of amides is 1. The van der Waals surface area contributed by atoms with Gasteiger partial charge < -0.3 is 19.2 Å². The molecule has 34 heavy (non-hydrogen) atoms. The van der Waals surface area contributed by atoms with Crippen molar-refractivity contribution in [3.05, 3.63) is 75.1 Å². The fourth-order valence-electron chi connectivity index (χ4n) is 3.45. The monoisotopic (exact) mass is 485 g/mol. The molecule has 1 atom stereocenters. The summed E-state index contributed by atoms with van der Waals surface area (Å²) in [5, 5.41) is 3.44. The number of rotatable bonds is 7. The van der Waals surface area contributed by atoms with Crippen LogP contribution in [-0.2, 0) is 22.4 Å². The molecule has 8 heteroatoms. The van der Waals surface area contributed by atoms with Crippen LogP contribution in [0.15, 0.2) is 57.7 Å². The molecule has 0 spiro atoms. The lowest BCUT2D eigenvalue weighted by atomic mass is 10.1. The van der Waals surface area contributed by atoms with Gasteiger partial charge in [-0.2, -0.15) is 0 Å². The molecule has 0 saturated carbocycles. The Morgan fingerprint density at radius 2 is 1.82 bits per heavy atom. The third kappa shape index (κ3) is 6.84.